The Labute approximate surface area is 111 Å². The number of carbonyl (C=O) groups is 2. The fraction of sp³-hybridized carbons (Fsp3) is 0.467. The molecule has 98 valence electrons. The second-order valence-electron chi connectivity index (χ2n) is 5.91. The minimum Gasteiger partial charge on any atom is -0.323 e. The minimum atomic E-state index is -0.102. The average molecular weight is 256 g/mol. The lowest BCUT2D eigenvalue weighted by molar-refractivity contribution is -0.124. The molecule has 1 heterocycles. The molecule has 0 saturated heterocycles. The van der Waals surface area contributed by atoms with E-state index in [1.54, 1.807) is 4.90 Å². The normalized spacial score (nSPS) is 31.5. The zero-order valence-corrected chi connectivity index (χ0v) is 10.6. The van der Waals surface area contributed by atoms with Gasteiger partial charge >= 0.3 is 0 Å². The molecule has 2 aliphatic carbocycles. The molecule has 3 aliphatic rings. The van der Waals surface area contributed by atoms with Gasteiger partial charge in [0, 0.05) is 5.92 Å². The van der Waals surface area contributed by atoms with E-state index in [0.29, 0.717) is 0 Å². The number of hydrogen-bond acceptors (Lipinski definition) is 2. The Bertz CT molecular complexity index is 559. The van der Waals surface area contributed by atoms with Crippen LogP contribution < -0.4 is 10.2 Å². The molecule has 1 aromatic rings. The van der Waals surface area contributed by atoms with E-state index in [1.807, 2.05) is 24.3 Å². The maximum atomic E-state index is 12.6. The number of nitrogens with zero attached hydrogens (tertiary/aromatic N) is 1. The summed E-state index contributed by atoms with van der Waals surface area (Å²) in [4.78, 5) is 26.0. The summed E-state index contributed by atoms with van der Waals surface area (Å²) in [6, 6.07) is 7.53. The number of amides is 2. The van der Waals surface area contributed by atoms with Crippen molar-refractivity contribution in [3.8, 4) is 0 Å². The molecule has 2 unspecified atom stereocenters. The van der Waals surface area contributed by atoms with Gasteiger partial charge in [-0.05, 0) is 43.2 Å². The number of anilines is 2. The van der Waals surface area contributed by atoms with Crippen LogP contribution in [0.5, 0.6) is 0 Å². The van der Waals surface area contributed by atoms with Gasteiger partial charge in [0.2, 0.25) is 11.8 Å². The molecule has 4 heteroatoms. The number of nitrogens with one attached hydrogen (secondary N) is 1. The highest BCUT2D eigenvalue weighted by Crippen LogP contribution is 2.55. The molecular weight excluding hydrogens is 240 g/mol. The van der Waals surface area contributed by atoms with E-state index < -0.39 is 0 Å². The van der Waals surface area contributed by atoms with Crippen molar-refractivity contribution in [2.75, 3.05) is 16.8 Å². The van der Waals surface area contributed by atoms with Gasteiger partial charge < -0.3 is 10.2 Å². The van der Waals surface area contributed by atoms with Gasteiger partial charge in [-0.15, -0.1) is 0 Å². The van der Waals surface area contributed by atoms with E-state index in [9.17, 15) is 9.59 Å². The van der Waals surface area contributed by atoms with Crippen LogP contribution in [0, 0.1) is 17.8 Å². The molecular formula is C15H16N2O2. The van der Waals surface area contributed by atoms with Crippen LogP contribution in [0.2, 0.25) is 0 Å². The summed E-state index contributed by atoms with van der Waals surface area (Å²) in [5, 5.41) is 2.82. The molecule has 0 bridgehead atoms. The quantitative estimate of drug-likeness (QED) is 0.835. The summed E-state index contributed by atoms with van der Waals surface area (Å²) >= 11 is 0. The van der Waals surface area contributed by atoms with Crippen LogP contribution in [0.4, 0.5) is 11.4 Å². The highest BCUT2D eigenvalue weighted by molar-refractivity contribution is 6.10. The van der Waals surface area contributed by atoms with Gasteiger partial charge in [-0.25, -0.2) is 0 Å². The van der Waals surface area contributed by atoms with E-state index in [-0.39, 0.29) is 24.3 Å². The van der Waals surface area contributed by atoms with E-state index in [2.05, 4.69) is 5.32 Å². The molecule has 0 aromatic heterocycles. The maximum Gasteiger partial charge on any atom is 0.244 e. The lowest BCUT2D eigenvalue weighted by Gasteiger charge is -2.31. The molecule has 0 spiro atoms. The minimum absolute atomic E-state index is 0.102. The van der Waals surface area contributed by atoms with Crippen molar-refractivity contribution in [1.29, 1.82) is 0 Å². The van der Waals surface area contributed by atoms with Crippen LogP contribution in [0.25, 0.3) is 0 Å². The van der Waals surface area contributed by atoms with Crippen molar-refractivity contribution < 1.29 is 9.59 Å². The number of fused-ring (bicyclic) bond motifs is 2. The van der Waals surface area contributed by atoms with Crippen molar-refractivity contribution in [1.82, 2.24) is 0 Å². The zero-order chi connectivity index (χ0) is 13.0. The van der Waals surface area contributed by atoms with Gasteiger partial charge in [-0.2, -0.15) is 0 Å². The van der Waals surface area contributed by atoms with Gasteiger partial charge in [0.15, 0.2) is 0 Å². The maximum absolute atomic E-state index is 12.6. The smallest absolute Gasteiger partial charge is 0.244 e. The van der Waals surface area contributed by atoms with Gasteiger partial charge in [0.25, 0.3) is 0 Å². The highest BCUT2D eigenvalue weighted by Gasteiger charge is 2.49. The first-order valence-electron chi connectivity index (χ1n) is 6.92. The third kappa shape index (κ3) is 1.74. The van der Waals surface area contributed by atoms with Crippen LogP contribution in [-0.2, 0) is 9.59 Å². The number of para-hydroxylation sites is 2. The Morgan fingerprint density at radius 2 is 1.89 bits per heavy atom. The lowest BCUT2D eigenvalue weighted by atomic mass is 10.0. The predicted octanol–water partition coefficient (Wildman–Crippen LogP) is 2.02. The summed E-state index contributed by atoms with van der Waals surface area (Å²) in [6.07, 6.45) is 3.34. The van der Waals surface area contributed by atoms with Crippen molar-refractivity contribution in [3.63, 3.8) is 0 Å². The molecule has 1 aromatic carbocycles. The van der Waals surface area contributed by atoms with Crippen molar-refractivity contribution in [3.05, 3.63) is 24.3 Å². The first-order valence-corrected chi connectivity index (χ1v) is 6.92. The largest absolute Gasteiger partial charge is 0.323 e. The number of rotatable bonds is 1. The van der Waals surface area contributed by atoms with Gasteiger partial charge in [0.1, 0.15) is 6.54 Å². The van der Waals surface area contributed by atoms with E-state index in [4.69, 9.17) is 0 Å². The average Bonchev–Trinajstić information content (AvgIpc) is 3.03. The van der Waals surface area contributed by atoms with Crippen molar-refractivity contribution >= 4 is 23.2 Å². The molecule has 1 aliphatic heterocycles. The summed E-state index contributed by atoms with van der Waals surface area (Å²) in [5.74, 6) is 1.72. The standard InChI is InChI=1S/C15H16N2O2/c18-14-8-17(13-4-2-1-3-12(13)16-14)15(19)11-6-9-5-10(9)7-11/h1-4,9-11H,5-8H2,(H,16,18). The lowest BCUT2D eigenvalue weighted by Crippen LogP contribution is -2.44. The second kappa shape index (κ2) is 3.83. The number of benzene rings is 1. The summed E-state index contributed by atoms with van der Waals surface area (Å²) in [7, 11) is 0. The summed E-state index contributed by atoms with van der Waals surface area (Å²) < 4.78 is 0. The summed E-state index contributed by atoms with van der Waals surface area (Å²) in [5.41, 5.74) is 1.59. The van der Waals surface area contributed by atoms with Gasteiger partial charge in [-0.3, -0.25) is 9.59 Å². The second-order valence-corrected chi connectivity index (χ2v) is 5.91. The molecule has 2 atom stereocenters. The van der Waals surface area contributed by atoms with Crippen molar-refractivity contribution in [2.45, 2.75) is 19.3 Å². The third-order valence-electron chi connectivity index (χ3n) is 4.63. The van der Waals surface area contributed by atoms with Crippen LogP contribution in [0.15, 0.2) is 24.3 Å². The monoisotopic (exact) mass is 256 g/mol. The molecule has 19 heavy (non-hydrogen) atoms. The van der Waals surface area contributed by atoms with E-state index in [1.165, 1.54) is 6.42 Å². The fourth-order valence-corrected chi connectivity index (χ4v) is 3.57. The molecule has 1 N–H and O–H groups in total. The van der Waals surface area contributed by atoms with E-state index in [0.717, 1.165) is 36.1 Å². The van der Waals surface area contributed by atoms with Crippen LogP contribution in [-0.4, -0.2) is 18.4 Å². The number of hydrogen-bond donors (Lipinski definition) is 1. The molecule has 0 radical (unpaired) electrons. The Balaban J connectivity index is 1.63. The zero-order valence-electron chi connectivity index (χ0n) is 10.6. The Kier molecular flexibility index (Phi) is 2.22. The SMILES string of the molecule is O=C1CN(C(=O)C2CC3CC3C2)c2ccccc2N1. The van der Waals surface area contributed by atoms with Crippen LogP contribution >= 0.6 is 0 Å². The van der Waals surface area contributed by atoms with Gasteiger partial charge in [-0.1, -0.05) is 12.1 Å². The molecule has 4 nitrogen and oxygen atoms in total. The topological polar surface area (TPSA) is 49.4 Å². The van der Waals surface area contributed by atoms with Crippen LogP contribution in [0.3, 0.4) is 0 Å². The summed E-state index contributed by atoms with van der Waals surface area (Å²) in [6.45, 7) is 0.154. The Morgan fingerprint density at radius 3 is 2.68 bits per heavy atom. The molecule has 2 saturated carbocycles. The van der Waals surface area contributed by atoms with Gasteiger partial charge in [0.05, 0.1) is 11.4 Å². The highest BCUT2D eigenvalue weighted by atomic mass is 16.2. The Hall–Kier alpha value is -1.84. The number of carbonyl (C=O) groups excluding carboxylic acids is 2. The first kappa shape index (κ1) is 11.0. The molecule has 4 rings (SSSR count). The Morgan fingerprint density at radius 1 is 1.16 bits per heavy atom. The molecule has 2 amide bonds. The van der Waals surface area contributed by atoms with Crippen molar-refractivity contribution in [2.24, 2.45) is 17.8 Å². The molecule has 2 fully saturated rings. The van der Waals surface area contributed by atoms with E-state index >= 15 is 0 Å². The predicted molar refractivity (Wildman–Crippen MR) is 71.7 cm³/mol. The first-order chi connectivity index (χ1) is 9.22. The third-order valence-corrected chi connectivity index (χ3v) is 4.63. The van der Waals surface area contributed by atoms with Crippen LogP contribution in [0.1, 0.15) is 19.3 Å². The fourth-order valence-electron chi connectivity index (χ4n) is 3.57.